The fourth-order valence-corrected chi connectivity index (χ4v) is 3.58. The van der Waals surface area contributed by atoms with Crippen molar-refractivity contribution in [2.45, 2.75) is 18.9 Å². The maximum Gasteiger partial charge on any atom is 0.229 e. The summed E-state index contributed by atoms with van der Waals surface area (Å²) in [6.07, 6.45) is 0.506. The number of hydrogen-bond donors (Lipinski definition) is 1. The average molecular weight is 388 g/mol. The van der Waals surface area contributed by atoms with Crippen molar-refractivity contribution in [1.82, 2.24) is 5.32 Å². The summed E-state index contributed by atoms with van der Waals surface area (Å²) in [5, 5.41) is 2.94. The minimum atomic E-state index is -0.344. The van der Waals surface area contributed by atoms with Gasteiger partial charge in [0.15, 0.2) is 0 Å². The van der Waals surface area contributed by atoms with E-state index in [0.29, 0.717) is 12.2 Å². The van der Waals surface area contributed by atoms with Gasteiger partial charge in [0, 0.05) is 18.7 Å². The third-order valence-electron chi connectivity index (χ3n) is 5.05. The zero-order chi connectivity index (χ0) is 20.2. The first-order chi connectivity index (χ1) is 14.1. The van der Waals surface area contributed by atoms with E-state index in [2.05, 4.69) is 5.32 Å². The zero-order valence-electron chi connectivity index (χ0n) is 15.8. The van der Waals surface area contributed by atoms with Crippen molar-refractivity contribution in [3.63, 3.8) is 0 Å². The molecule has 146 valence electrons. The van der Waals surface area contributed by atoms with E-state index in [9.17, 15) is 14.0 Å². The summed E-state index contributed by atoms with van der Waals surface area (Å²) in [5.74, 6) is -0.533. The fourth-order valence-electron chi connectivity index (χ4n) is 3.58. The number of nitrogens with zero attached hydrogens (tertiary/aromatic N) is 1. The molecular weight excluding hydrogens is 367 g/mol. The molecule has 0 bridgehead atoms. The number of carbonyl (C=O) groups excluding carboxylic acids is 2. The quantitative estimate of drug-likeness (QED) is 0.719. The Kier molecular flexibility index (Phi) is 5.38. The molecule has 3 aromatic carbocycles. The lowest BCUT2D eigenvalue weighted by Gasteiger charge is -2.17. The van der Waals surface area contributed by atoms with Crippen LogP contribution in [-0.2, 0) is 16.0 Å². The van der Waals surface area contributed by atoms with Gasteiger partial charge in [-0.2, -0.15) is 0 Å². The molecule has 1 heterocycles. The Hall–Kier alpha value is -3.47. The van der Waals surface area contributed by atoms with E-state index < -0.39 is 0 Å². The molecule has 0 radical (unpaired) electrons. The van der Waals surface area contributed by atoms with Crippen molar-refractivity contribution in [2.75, 3.05) is 11.4 Å². The van der Waals surface area contributed by atoms with Gasteiger partial charge < -0.3 is 10.2 Å². The molecular formula is C24H21FN2O2. The fraction of sp³-hybridized carbons (Fsp3) is 0.167. The molecule has 2 amide bonds. The highest BCUT2D eigenvalue weighted by atomic mass is 19.1. The van der Waals surface area contributed by atoms with E-state index in [-0.39, 0.29) is 36.5 Å². The lowest BCUT2D eigenvalue weighted by atomic mass is 10.0. The summed E-state index contributed by atoms with van der Waals surface area (Å²) in [6.45, 7) is 0.392. The number of anilines is 1. The number of halogens is 1. The molecule has 0 aliphatic carbocycles. The van der Waals surface area contributed by atoms with Crippen LogP contribution >= 0.6 is 0 Å². The van der Waals surface area contributed by atoms with Gasteiger partial charge in [-0.05, 0) is 41.0 Å². The predicted molar refractivity (Wildman–Crippen MR) is 111 cm³/mol. The van der Waals surface area contributed by atoms with Crippen LogP contribution in [0.5, 0.6) is 0 Å². The molecule has 1 aliphatic heterocycles. The van der Waals surface area contributed by atoms with E-state index in [4.69, 9.17) is 0 Å². The SMILES string of the molecule is O=C(Cc1ccc(-c2ccccc2)cc1)N[C@@H]1CC(=O)N(c2ccc(F)cc2)C1. The second-order valence-corrected chi connectivity index (χ2v) is 7.19. The number of rotatable bonds is 5. The summed E-state index contributed by atoms with van der Waals surface area (Å²) in [5.41, 5.74) is 3.80. The number of benzene rings is 3. The van der Waals surface area contributed by atoms with E-state index in [1.807, 2.05) is 54.6 Å². The molecule has 1 N–H and O–H groups in total. The highest BCUT2D eigenvalue weighted by Gasteiger charge is 2.31. The molecule has 4 nitrogen and oxygen atoms in total. The Bertz CT molecular complexity index is 1000. The Morgan fingerprint density at radius 2 is 1.59 bits per heavy atom. The molecule has 1 aliphatic rings. The third kappa shape index (κ3) is 4.51. The van der Waals surface area contributed by atoms with Gasteiger partial charge in [-0.3, -0.25) is 9.59 Å². The van der Waals surface area contributed by atoms with Gasteiger partial charge in [0.05, 0.1) is 12.5 Å². The molecule has 1 fully saturated rings. The van der Waals surface area contributed by atoms with Crippen LogP contribution in [0.4, 0.5) is 10.1 Å². The lowest BCUT2D eigenvalue weighted by Crippen LogP contribution is -2.38. The number of hydrogen-bond acceptors (Lipinski definition) is 2. The molecule has 1 atom stereocenters. The first-order valence-electron chi connectivity index (χ1n) is 9.58. The van der Waals surface area contributed by atoms with Crippen LogP contribution in [0.2, 0.25) is 0 Å². The van der Waals surface area contributed by atoms with Crippen LogP contribution in [-0.4, -0.2) is 24.4 Å². The van der Waals surface area contributed by atoms with Crippen LogP contribution < -0.4 is 10.2 Å². The minimum absolute atomic E-state index is 0.0749. The molecule has 5 heteroatoms. The highest BCUT2D eigenvalue weighted by molar-refractivity contribution is 5.96. The smallest absolute Gasteiger partial charge is 0.229 e. The van der Waals surface area contributed by atoms with Crippen LogP contribution in [0.1, 0.15) is 12.0 Å². The number of nitrogens with one attached hydrogen (secondary N) is 1. The van der Waals surface area contributed by atoms with Crippen molar-refractivity contribution in [3.8, 4) is 11.1 Å². The van der Waals surface area contributed by atoms with Gasteiger partial charge in [-0.25, -0.2) is 4.39 Å². The lowest BCUT2D eigenvalue weighted by molar-refractivity contribution is -0.121. The molecule has 1 saturated heterocycles. The van der Waals surface area contributed by atoms with Gasteiger partial charge in [0.2, 0.25) is 11.8 Å². The van der Waals surface area contributed by atoms with Crippen molar-refractivity contribution in [2.24, 2.45) is 0 Å². The molecule has 3 aromatic rings. The normalized spacial score (nSPS) is 16.1. The van der Waals surface area contributed by atoms with Crippen LogP contribution in [0.15, 0.2) is 78.9 Å². The average Bonchev–Trinajstić information content (AvgIpc) is 3.09. The van der Waals surface area contributed by atoms with Gasteiger partial charge in [0.1, 0.15) is 5.82 Å². The maximum absolute atomic E-state index is 13.1. The topological polar surface area (TPSA) is 49.4 Å². The summed E-state index contributed by atoms with van der Waals surface area (Å²) < 4.78 is 13.1. The minimum Gasteiger partial charge on any atom is -0.351 e. The van der Waals surface area contributed by atoms with E-state index >= 15 is 0 Å². The molecule has 0 unspecified atom stereocenters. The highest BCUT2D eigenvalue weighted by Crippen LogP contribution is 2.22. The zero-order valence-corrected chi connectivity index (χ0v) is 15.8. The maximum atomic E-state index is 13.1. The van der Waals surface area contributed by atoms with Gasteiger partial charge in [0.25, 0.3) is 0 Å². The standard InChI is InChI=1S/C24H21FN2O2/c25-20-10-12-22(13-11-20)27-16-21(15-24(27)29)26-23(28)14-17-6-8-19(9-7-17)18-4-2-1-3-5-18/h1-13,21H,14-16H2,(H,26,28)/t21-/m1/s1. The summed E-state index contributed by atoms with van der Waals surface area (Å²) in [4.78, 5) is 26.3. The van der Waals surface area contributed by atoms with Crippen molar-refractivity contribution in [1.29, 1.82) is 0 Å². The first kappa shape index (κ1) is 18.9. The van der Waals surface area contributed by atoms with E-state index in [1.165, 1.54) is 12.1 Å². The third-order valence-corrected chi connectivity index (χ3v) is 5.05. The molecule has 29 heavy (non-hydrogen) atoms. The van der Waals surface area contributed by atoms with Crippen LogP contribution in [0, 0.1) is 5.82 Å². The second kappa shape index (κ2) is 8.27. The summed E-state index contributed by atoms with van der Waals surface area (Å²) in [7, 11) is 0. The Morgan fingerprint density at radius 1 is 0.931 bits per heavy atom. The Labute approximate surface area is 169 Å². The largest absolute Gasteiger partial charge is 0.351 e. The monoisotopic (exact) mass is 388 g/mol. The van der Waals surface area contributed by atoms with Gasteiger partial charge >= 0.3 is 0 Å². The molecule has 0 saturated carbocycles. The van der Waals surface area contributed by atoms with Gasteiger partial charge in [-0.1, -0.05) is 54.6 Å². The number of carbonyl (C=O) groups is 2. The van der Waals surface area contributed by atoms with E-state index in [1.54, 1.807) is 17.0 Å². The predicted octanol–water partition coefficient (Wildman–Crippen LogP) is 3.96. The van der Waals surface area contributed by atoms with Crippen LogP contribution in [0.25, 0.3) is 11.1 Å². The van der Waals surface area contributed by atoms with Gasteiger partial charge in [-0.15, -0.1) is 0 Å². The Morgan fingerprint density at radius 3 is 2.28 bits per heavy atom. The number of amides is 2. The van der Waals surface area contributed by atoms with Crippen molar-refractivity contribution in [3.05, 3.63) is 90.2 Å². The second-order valence-electron chi connectivity index (χ2n) is 7.19. The first-order valence-corrected chi connectivity index (χ1v) is 9.58. The molecule has 4 rings (SSSR count). The Balaban J connectivity index is 1.34. The summed E-state index contributed by atoms with van der Waals surface area (Å²) in [6, 6.07) is 23.5. The van der Waals surface area contributed by atoms with E-state index in [0.717, 1.165) is 16.7 Å². The van der Waals surface area contributed by atoms with Crippen LogP contribution in [0.3, 0.4) is 0 Å². The van der Waals surface area contributed by atoms with Crippen molar-refractivity contribution < 1.29 is 14.0 Å². The van der Waals surface area contributed by atoms with Crippen molar-refractivity contribution >= 4 is 17.5 Å². The molecule has 0 aromatic heterocycles. The molecule has 0 spiro atoms. The summed E-state index contributed by atoms with van der Waals surface area (Å²) >= 11 is 0.